The van der Waals surface area contributed by atoms with E-state index in [0.29, 0.717) is 5.69 Å². The number of rotatable bonds is 10. The Hall–Kier alpha value is -3.28. The van der Waals surface area contributed by atoms with E-state index in [1.165, 1.54) is 44.6 Å². The van der Waals surface area contributed by atoms with E-state index >= 15 is 0 Å². The first kappa shape index (κ1) is 22.4. The van der Waals surface area contributed by atoms with Gasteiger partial charge < -0.3 is 9.88 Å². The topological polar surface area (TPSA) is 77.2 Å². The summed E-state index contributed by atoms with van der Waals surface area (Å²) in [6.07, 6.45) is 17.1. The average molecular weight is 421 g/mol. The zero-order valence-electron chi connectivity index (χ0n) is 18.2. The standard InChI is InChI=1S/C25H32N4O2/c1-2-3-4-5-6-9-16-29-17-14-20(15-18-29)12-13-24(30)27-28-25(31)23-19-21-10-7-8-11-22(21)26-23/h7-8,10-15,17,19,26H,2-6,9,16,18H2,1H3,(H,27,30)(H,28,31)/b13-12+. The van der Waals surface area contributed by atoms with Gasteiger partial charge >= 0.3 is 0 Å². The number of hydrogen-bond donors (Lipinski definition) is 3. The summed E-state index contributed by atoms with van der Waals surface area (Å²) in [5, 5.41) is 0.945. The molecule has 0 saturated carbocycles. The summed E-state index contributed by atoms with van der Waals surface area (Å²) in [5.74, 6) is -0.770. The van der Waals surface area contributed by atoms with E-state index in [-0.39, 0.29) is 11.8 Å². The molecular weight excluding hydrogens is 388 g/mol. The fraction of sp³-hybridized carbons (Fsp3) is 0.360. The van der Waals surface area contributed by atoms with Crippen molar-refractivity contribution >= 4 is 22.7 Å². The summed E-state index contributed by atoms with van der Waals surface area (Å²) >= 11 is 0. The Kier molecular flexibility index (Phi) is 8.52. The lowest BCUT2D eigenvalue weighted by Gasteiger charge is -2.21. The minimum Gasteiger partial charge on any atom is -0.374 e. The fourth-order valence-electron chi connectivity index (χ4n) is 3.52. The summed E-state index contributed by atoms with van der Waals surface area (Å²) in [6.45, 7) is 4.15. The number of amides is 2. The van der Waals surface area contributed by atoms with Crippen LogP contribution in [0.5, 0.6) is 0 Å². The van der Waals surface area contributed by atoms with Crippen molar-refractivity contribution in [3.8, 4) is 0 Å². The number of carbonyl (C=O) groups excluding carboxylic acids is 2. The average Bonchev–Trinajstić information content (AvgIpc) is 3.23. The van der Waals surface area contributed by atoms with Gasteiger partial charge in [-0.3, -0.25) is 20.4 Å². The lowest BCUT2D eigenvalue weighted by Crippen LogP contribution is -2.40. The Morgan fingerprint density at radius 2 is 1.90 bits per heavy atom. The number of nitrogens with zero attached hydrogens (tertiary/aromatic N) is 1. The molecule has 0 unspecified atom stereocenters. The van der Waals surface area contributed by atoms with Crippen LogP contribution in [0, 0.1) is 0 Å². The second-order valence-corrected chi connectivity index (χ2v) is 7.83. The van der Waals surface area contributed by atoms with Gasteiger partial charge in [-0.2, -0.15) is 0 Å². The number of allylic oxidation sites excluding steroid dienone is 3. The molecule has 0 spiro atoms. The predicted molar refractivity (Wildman–Crippen MR) is 125 cm³/mol. The number of aromatic amines is 1. The number of benzene rings is 1. The first-order valence-electron chi connectivity index (χ1n) is 11.1. The molecule has 0 saturated heterocycles. The van der Waals surface area contributed by atoms with Crippen molar-refractivity contribution < 1.29 is 9.59 Å². The maximum absolute atomic E-state index is 12.2. The van der Waals surface area contributed by atoms with Crippen molar-refractivity contribution in [2.45, 2.75) is 45.4 Å². The largest absolute Gasteiger partial charge is 0.374 e. The van der Waals surface area contributed by atoms with Crippen LogP contribution in [0.25, 0.3) is 10.9 Å². The smallest absolute Gasteiger partial charge is 0.286 e. The third kappa shape index (κ3) is 7.17. The molecular formula is C25H32N4O2. The Bertz CT molecular complexity index is 938. The highest BCUT2D eigenvalue weighted by Crippen LogP contribution is 2.14. The van der Waals surface area contributed by atoms with Gasteiger partial charge in [0.15, 0.2) is 0 Å². The van der Waals surface area contributed by atoms with Gasteiger partial charge in [0.05, 0.1) is 0 Å². The van der Waals surface area contributed by atoms with Crippen molar-refractivity contribution in [1.82, 2.24) is 20.7 Å². The van der Waals surface area contributed by atoms with Crippen LogP contribution in [0.1, 0.15) is 55.9 Å². The van der Waals surface area contributed by atoms with Gasteiger partial charge in [-0.1, -0.05) is 63.3 Å². The van der Waals surface area contributed by atoms with Crippen LogP contribution in [0.15, 0.2) is 66.4 Å². The van der Waals surface area contributed by atoms with Crippen molar-refractivity contribution in [1.29, 1.82) is 0 Å². The zero-order chi connectivity index (χ0) is 21.9. The molecule has 1 aromatic heterocycles. The number of hydrazine groups is 1. The van der Waals surface area contributed by atoms with Crippen LogP contribution >= 0.6 is 0 Å². The van der Waals surface area contributed by atoms with Crippen LogP contribution in [0.4, 0.5) is 0 Å². The molecule has 3 rings (SSSR count). The highest BCUT2D eigenvalue weighted by Gasteiger charge is 2.09. The molecule has 164 valence electrons. The highest BCUT2D eigenvalue weighted by atomic mass is 16.2. The first-order chi connectivity index (χ1) is 15.2. The SMILES string of the molecule is CCCCCCCCN1C=CC(/C=C/C(=O)NNC(=O)c2cc3ccccc3[nH]2)=CC1. The number of fused-ring (bicyclic) bond motifs is 1. The molecule has 31 heavy (non-hydrogen) atoms. The minimum absolute atomic E-state index is 0.381. The fourth-order valence-corrected chi connectivity index (χ4v) is 3.52. The van der Waals surface area contributed by atoms with Crippen LogP contribution < -0.4 is 10.9 Å². The molecule has 2 heterocycles. The van der Waals surface area contributed by atoms with Gasteiger partial charge in [-0.15, -0.1) is 0 Å². The molecule has 2 aromatic rings. The number of hydrogen-bond acceptors (Lipinski definition) is 3. The normalized spacial score (nSPS) is 13.6. The molecule has 6 nitrogen and oxygen atoms in total. The van der Waals surface area contributed by atoms with Gasteiger partial charge in [-0.05, 0) is 42.5 Å². The van der Waals surface area contributed by atoms with E-state index in [2.05, 4.69) is 39.9 Å². The summed E-state index contributed by atoms with van der Waals surface area (Å²) in [5.41, 5.74) is 7.10. The van der Waals surface area contributed by atoms with Crippen molar-refractivity contribution in [2.24, 2.45) is 0 Å². The summed E-state index contributed by atoms with van der Waals surface area (Å²) < 4.78 is 0. The van der Waals surface area contributed by atoms with E-state index in [1.54, 1.807) is 12.1 Å². The Balaban J connectivity index is 1.36. The van der Waals surface area contributed by atoms with Gasteiger partial charge in [0.1, 0.15) is 5.69 Å². The molecule has 2 amide bonds. The second kappa shape index (κ2) is 11.8. The number of para-hydroxylation sites is 1. The van der Waals surface area contributed by atoms with E-state index in [0.717, 1.165) is 29.6 Å². The maximum Gasteiger partial charge on any atom is 0.286 e. The van der Waals surface area contributed by atoms with Crippen molar-refractivity contribution in [3.05, 3.63) is 72.1 Å². The van der Waals surface area contributed by atoms with Gasteiger partial charge in [0, 0.05) is 30.1 Å². The Morgan fingerprint density at radius 3 is 2.68 bits per heavy atom. The molecule has 3 N–H and O–H groups in total. The molecule has 0 atom stereocenters. The maximum atomic E-state index is 12.2. The minimum atomic E-state index is -0.389. The molecule has 0 fully saturated rings. The molecule has 1 aliphatic rings. The third-order valence-corrected chi connectivity index (χ3v) is 5.34. The molecule has 0 radical (unpaired) electrons. The third-order valence-electron chi connectivity index (χ3n) is 5.34. The number of H-pyrrole nitrogens is 1. The number of aromatic nitrogens is 1. The van der Waals surface area contributed by atoms with Crippen LogP contribution in [0.2, 0.25) is 0 Å². The zero-order valence-corrected chi connectivity index (χ0v) is 18.2. The quantitative estimate of drug-likeness (QED) is 0.299. The van der Waals surface area contributed by atoms with Gasteiger partial charge in [0.25, 0.3) is 11.8 Å². The van der Waals surface area contributed by atoms with Crippen LogP contribution in [-0.4, -0.2) is 34.8 Å². The van der Waals surface area contributed by atoms with E-state index in [1.807, 2.05) is 30.3 Å². The number of carbonyl (C=O) groups is 2. The van der Waals surface area contributed by atoms with Crippen LogP contribution in [-0.2, 0) is 4.79 Å². The number of nitrogens with one attached hydrogen (secondary N) is 3. The summed E-state index contributed by atoms with van der Waals surface area (Å²) in [6, 6.07) is 9.38. The summed E-state index contributed by atoms with van der Waals surface area (Å²) in [4.78, 5) is 29.6. The first-order valence-corrected chi connectivity index (χ1v) is 11.1. The molecule has 1 aromatic carbocycles. The Morgan fingerprint density at radius 1 is 1.10 bits per heavy atom. The van der Waals surface area contributed by atoms with Crippen molar-refractivity contribution in [3.63, 3.8) is 0 Å². The highest BCUT2D eigenvalue weighted by molar-refractivity contribution is 5.99. The van der Waals surface area contributed by atoms with E-state index in [4.69, 9.17) is 0 Å². The van der Waals surface area contributed by atoms with Gasteiger partial charge in [0.2, 0.25) is 0 Å². The van der Waals surface area contributed by atoms with E-state index < -0.39 is 0 Å². The van der Waals surface area contributed by atoms with E-state index in [9.17, 15) is 9.59 Å². The molecule has 0 aliphatic carbocycles. The van der Waals surface area contributed by atoms with Crippen molar-refractivity contribution in [2.75, 3.05) is 13.1 Å². The van der Waals surface area contributed by atoms with Crippen LogP contribution in [0.3, 0.4) is 0 Å². The second-order valence-electron chi connectivity index (χ2n) is 7.83. The lowest BCUT2D eigenvalue weighted by atomic mass is 10.1. The number of unbranched alkanes of at least 4 members (excludes halogenated alkanes) is 5. The molecule has 1 aliphatic heterocycles. The predicted octanol–water partition coefficient (Wildman–Crippen LogP) is 4.60. The lowest BCUT2D eigenvalue weighted by molar-refractivity contribution is -0.117. The molecule has 0 bridgehead atoms. The van der Waals surface area contributed by atoms with Gasteiger partial charge in [-0.25, -0.2) is 0 Å². The summed E-state index contributed by atoms with van der Waals surface area (Å²) in [7, 11) is 0. The Labute approximate surface area is 184 Å². The molecule has 6 heteroatoms. The monoisotopic (exact) mass is 420 g/mol.